The number of benzene rings is 1. The van der Waals surface area contributed by atoms with E-state index in [9.17, 15) is 20.0 Å². The van der Waals surface area contributed by atoms with Crippen molar-refractivity contribution in [2.45, 2.75) is 63.9 Å². The predicted octanol–water partition coefficient (Wildman–Crippen LogP) is 2.71. The third-order valence-electron chi connectivity index (χ3n) is 6.03. The molecule has 0 spiro atoms. The molecule has 27 heavy (non-hydrogen) atoms. The molecule has 1 aromatic carbocycles. The maximum absolute atomic E-state index is 11.9. The van der Waals surface area contributed by atoms with Gasteiger partial charge in [-0.2, -0.15) is 0 Å². The molecule has 0 aromatic heterocycles. The third-order valence-corrected chi connectivity index (χ3v) is 6.03. The van der Waals surface area contributed by atoms with Crippen LogP contribution in [0, 0.1) is 27.9 Å². The summed E-state index contributed by atoms with van der Waals surface area (Å²) in [6, 6.07) is 7.33. The molecule has 1 aliphatic carbocycles. The molecule has 0 amide bonds. The maximum atomic E-state index is 11.9. The van der Waals surface area contributed by atoms with E-state index in [4.69, 9.17) is 4.74 Å². The molecule has 1 saturated heterocycles. The number of rotatable bonds is 9. The number of carboxylic acids is 1. The summed E-state index contributed by atoms with van der Waals surface area (Å²) in [5.41, 5.74) is 0.972. The second-order valence-electron chi connectivity index (χ2n) is 7.85. The number of hydrogen-bond acceptors (Lipinski definition) is 5. The van der Waals surface area contributed by atoms with Gasteiger partial charge in [-0.05, 0) is 30.2 Å². The molecule has 6 atom stereocenters. The van der Waals surface area contributed by atoms with E-state index in [1.807, 2.05) is 44.2 Å². The lowest BCUT2D eigenvalue weighted by Crippen LogP contribution is -2.47. The topological polar surface area (TPSA) is 102 Å². The highest BCUT2D eigenvalue weighted by Gasteiger charge is 2.60. The number of nitrogens with zero attached hydrogens (tertiary/aromatic N) is 1. The standard InChI is InChI=1S/C20H28N2O5/c1-3-12(2)19(27-11-13-7-5-4-6-8-13)15-17(20(23)24)21-16(14-9-10-14)18(15)22(25)26/h4-8,12,14-19,21H,3,9-11H2,1-2H3,(H,23,24)/t12-,15+,16-,17-,18-,19-/m0/s1. The lowest BCUT2D eigenvalue weighted by atomic mass is 9.81. The molecular weight excluding hydrogens is 348 g/mol. The number of nitro groups is 1. The largest absolute Gasteiger partial charge is 0.480 e. The van der Waals surface area contributed by atoms with Crippen LogP contribution in [0.25, 0.3) is 0 Å². The highest BCUT2D eigenvalue weighted by molar-refractivity contribution is 5.75. The van der Waals surface area contributed by atoms with Crippen LogP contribution in [0.2, 0.25) is 0 Å². The summed E-state index contributed by atoms with van der Waals surface area (Å²) < 4.78 is 6.17. The van der Waals surface area contributed by atoms with E-state index in [1.165, 1.54) is 0 Å². The number of hydrogen-bond donors (Lipinski definition) is 2. The zero-order valence-corrected chi connectivity index (χ0v) is 15.8. The second-order valence-corrected chi connectivity index (χ2v) is 7.85. The van der Waals surface area contributed by atoms with E-state index in [0.29, 0.717) is 6.61 Å². The van der Waals surface area contributed by atoms with Crippen molar-refractivity contribution in [1.82, 2.24) is 5.32 Å². The number of carbonyl (C=O) groups is 1. The lowest BCUT2D eigenvalue weighted by molar-refractivity contribution is -0.535. The van der Waals surface area contributed by atoms with Gasteiger partial charge in [-0.3, -0.25) is 20.2 Å². The zero-order chi connectivity index (χ0) is 19.6. The fourth-order valence-corrected chi connectivity index (χ4v) is 4.27. The van der Waals surface area contributed by atoms with Gasteiger partial charge in [0.25, 0.3) is 0 Å². The molecule has 1 aromatic rings. The van der Waals surface area contributed by atoms with Crippen molar-refractivity contribution in [1.29, 1.82) is 0 Å². The SMILES string of the molecule is CC[C@H](C)[C@H](OCc1ccccc1)[C@H]1[C@H]([N+](=O)[O-])[C@H](C2CC2)N[C@@H]1C(=O)O. The van der Waals surface area contributed by atoms with E-state index >= 15 is 0 Å². The molecular formula is C20H28N2O5. The Hall–Kier alpha value is -1.99. The van der Waals surface area contributed by atoms with Crippen molar-refractivity contribution in [3.05, 3.63) is 46.0 Å². The first kappa shape index (κ1) is 19.8. The smallest absolute Gasteiger partial charge is 0.321 e. The fraction of sp³-hybridized carbons (Fsp3) is 0.650. The molecule has 0 bridgehead atoms. The number of nitrogens with one attached hydrogen (secondary N) is 1. The first-order chi connectivity index (χ1) is 12.9. The summed E-state index contributed by atoms with van der Waals surface area (Å²) in [6.07, 6.45) is 2.10. The van der Waals surface area contributed by atoms with E-state index in [-0.39, 0.29) is 16.8 Å². The Morgan fingerprint density at radius 3 is 2.56 bits per heavy atom. The Bertz CT molecular complexity index is 664. The van der Waals surface area contributed by atoms with E-state index in [2.05, 4.69) is 5.32 Å². The molecule has 2 fully saturated rings. The minimum absolute atomic E-state index is 0.0164. The molecule has 7 heteroatoms. The third kappa shape index (κ3) is 4.30. The molecule has 2 aliphatic rings. The minimum Gasteiger partial charge on any atom is -0.480 e. The van der Waals surface area contributed by atoms with Crippen LogP contribution in [0.15, 0.2) is 30.3 Å². The molecule has 1 heterocycles. The molecule has 0 radical (unpaired) electrons. The van der Waals surface area contributed by atoms with Gasteiger partial charge in [0, 0.05) is 4.92 Å². The summed E-state index contributed by atoms with van der Waals surface area (Å²) in [5, 5.41) is 24.8. The lowest BCUT2D eigenvalue weighted by Gasteiger charge is -2.31. The first-order valence-electron chi connectivity index (χ1n) is 9.71. The Morgan fingerprint density at radius 2 is 2.04 bits per heavy atom. The first-order valence-corrected chi connectivity index (χ1v) is 9.71. The van der Waals surface area contributed by atoms with Crippen LogP contribution in [0.4, 0.5) is 0 Å². The van der Waals surface area contributed by atoms with Crippen molar-refractivity contribution in [2.75, 3.05) is 0 Å². The van der Waals surface area contributed by atoms with Gasteiger partial charge in [-0.1, -0.05) is 50.6 Å². The molecule has 148 valence electrons. The Balaban J connectivity index is 1.88. The maximum Gasteiger partial charge on any atom is 0.321 e. The van der Waals surface area contributed by atoms with Gasteiger partial charge < -0.3 is 9.84 Å². The molecule has 2 N–H and O–H groups in total. The zero-order valence-electron chi connectivity index (χ0n) is 15.8. The molecule has 7 nitrogen and oxygen atoms in total. The second kappa shape index (κ2) is 8.35. The molecule has 1 aliphatic heterocycles. The number of ether oxygens (including phenoxy) is 1. The van der Waals surface area contributed by atoms with Gasteiger partial charge in [0.2, 0.25) is 6.04 Å². The Labute approximate surface area is 159 Å². The van der Waals surface area contributed by atoms with Crippen LogP contribution in [-0.2, 0) is 16.1 Å². The van der Waals surface area contributed by atoms with Crippen LogP contribution in [0.5, 0.6) is 0 Å². The van der Waals surface area contributed by atoms with Crippen molar-refractivity contribution < 1.29 is 19.6 Å². The fourth-order valence-electron chi connectivity index (χ4n) is 4.27. The number of carboxylic acid groups (broad SMARTS) is 1. The summed E-state index contributed by atoms with van der Waals surface area (Å²) in [6.45, 7) is 4.30. The number of aliphatic carboxylic acids is 1. The van der Waals surface area contributed by atoms with Gasteiger partial charge in [0.05, 0.1) is 24.7 Å². The summed E-state index contributed by atoms with van der Waals surface area (Å²) >= 11 is 0. The van der Waals surface area contributed by atoms with Crippen LogP contribution in [0.1, 0.15) is 38.7 Å². The minimum atomic E-state index is -1.04. The molecule has 3 rings (SSSR count). The van der Waals surface area contributed by atoms with E-state index in [0.717, 1.165) is 24.8 Å². The van der Waals surface area contributed by atoms with Gasteiger partial charge in [0.15, 0.2) is 0 Å². The van der Waals surface area contributed by atoms with Gasteiger partial charge >= 0.3 is 5.97 Å². The highest BCUT2D eigenvalue weighted by atomic mass is 16.6. The van der Waals surface area contributed by atoms with Crippen LogP contribution in [0.3, 0.4) is 0 Å². The molecule has 0 unspecified atom stereocenters. The predicted molar refractivity (Wildman–Crippen MR) is 99.8 cm³/mol. The molecule has 1 saturated carbocycles. The summed E-state index contributed by atoms with van der Waals surface area (Å²) in [4.78, 5) is 23.6. The van der Waals surface area contributed by atoms with Crippen molar-refractivity contribution in [3.8, 4) is 0 Å². The summed E-state index contributed by atoms with van der Waals surface area (Å²) in [7, 11) is 0. The van der Waals surface area contributed by atoms with Gasteiger partial charge in [-0.25, -0.2) is 0 Å². The van der Waals surface area contributed by atoms with Crippen LogP contribution >= 0.6 is 0 Å². The average Bonchev–Trinajstić information content (AvgIpc) is 3.42. The van der Waals surface area contributed by atoms with Crippen LogP contribution < -0.4 is 5.32 Å². The van der Waals surface area contributed by atoms with Crippen LogP contribution in [-0.4, -0.2) is 40.2 Å². The quantitative estimate of drug-likeness (QED) is 0.507. The highest BCUT2D eigenvalue weighted by Crippen LogP contribution is 2.43. The van der Waals surface area contributed by atoms with Crippen molar-refractivity contribution in [2.24, 2.45) is 17.8 Å². The van der Waals surface area contributed by atoms with Gasteiger partial charge in [0.1, 0.15) is 6.04 Å². The van der Waals surface area contributed by atoms with E-state index in [1.54, 1.807) is 0 Å². The van der Waals surface area contributed by atoms with Crippen molar-refractivity contribution in [3.63, 3.8) is 0 Å². The van der Waals surface area contributed by atoms with Gasteiger partial charge in [-0.15, -0.1) is 0 Å². The Morgan fingerprint density at radius 1 is 1.37 bits per heavy atom. The monoisotopic (exact) mass is 376 g/mol. The van der Waals surface area contributed by atoms with Crippen molar-refractivity contribution >= 4 is 5.97 Å². The average molecular weight is 376 g/mol. The Kier molecular flexibility index (Phi) is 6.11. The van der Waals surface area contributed by atoms with E-state index < -0.39 is 36.1 Å². The summed E-state index contributed by atoms with van der Waals surface area (Å²) in [5.74, 6) is -1.52. The normalized spacial score (nSPS) is 30.0.